The molecule has 1 amide bonds. The van der Waals surface area contributed by atoms with Gasteiger partial charge in [0, 0.05) is 6.42 Å². The highest BCUT2D eigenvalue weighted by atomic mass is 31.2. The molecule has 0 saturated heterocycles. The van der Waals surface area contributed by atoms with E-state index in [-0.39, 0.29) is 25.4 Å². The number of unbranched alkanes of at least 4 members (excludes halogenated alkanes) is 8. The lowest BCUT2D eigenvalue weighted by molar-refractivity contribution is -0.870. The number of allylic oxidation sites excluding steroid dienone is 26. The Balaban J connectivity index is 4.35. The number of quaternary nitrogens is 1. The molecule has 0 aromatic heterocycles. The molecule has 0 fully saturated rings. The van der Waals surface area contributed by atoms with Crippen molar-refractivity contribution < 1.29 is 38.0 Å². The van der Waals surface area contributed by atoms with Crippen molar-refractivity contribution in [3.63, 3.8) is 0 Å². The zero-order valence-corrected chi connectivity index (χ0v) is 47.3. The lowest BCUT2D eigenvalue weighted by atomic mass is 10.0. The average Bonchev–Trinajstić information content (AvgIpc) is 3.35. The number of nitrogens with one attached hydrogen (secondary N) is 1. The topological polar surface area (TPSA) is 128 Å². The Hall–Kier alpha value is -3.92. The van der Waals surface area contributed by atoms with Crippen molar-refractivity contribution in [3.8, 4) is 0 Å². The molecule has 412 valence electrons. The molecule has 0 aliphatic heterocycles. The maximum Gasteiger partial charge on any atom is 0.268 e. The minimum Gasteiger partial charge on any atom is -0.756 e. The summed E-state index contributed by atoms with van der Waals surface area (Å²) in [5.74, 6) is -0.333. The summed E-state index contributed by atoms with van der Waals surface area (Å²) in [5.41, 5.74) is 0. The fourth-order valence-electron chi connectivity index (χ4n) is 6.92. The highest BCUT2D eigenvalue weighted by molar-refractivity contribution is 7.45. The number of hydrogen-bond donors (Lipinski definition) is 3. The predicted octanol–water partition coefficient (Wildman–Crippen LogP) is 15.4. The van der Waals surface area contributed by atoms with Crippen LogP contribution >= 0.6 is 7.82 Å². The number of aliphatic hydroxyl groups is 2. The van der Waals surface area contributed by atoms with E-state index in [0.717, 1.165) is 116 Å². The number of carbonyl (C=O) groups excluding carboxylic acids is 1. The van der Waals surface area contributed by atoms with Crippen LogP contribution in [0.1, 0.15) is 174 Å². The van der Waals surface area contributed by atoms with Crippen LogP contribution in [-0.2, 0) is 18.4 Å². The van der Waals surface area contributed by atoms with Crippen molar-refractivity contribution in [3.05, 3.63) is 158 Å². The summed E-state index contributed by atoms with van der Waals surface area (Å²) in [5, 5.41) is 24.6. The van der Waals surface area contributed by atoms with Crippen molar-refractivity contribution >= 4 is 13.7 Å². The van der Waals surface area contributed by atoms with Crippen LogP contribution in [-0.4, -0.2) is 79.8 Å². The SMILES string of the molecule is CC/C=C\C/C=C\C/C=C\C/C=C\C/C=C\C/C=C\C/C=C\C/C=C\C/C=C\C/C=C\C/C=C\CCCCCC(=O)NC(COP(=O)([O-])OCC[N+](C)(C)C)C(O)C(O)CCC/C=C/CC/C=C/CCCCC. The van der Waals surface area contributed by atoms with Crippen LogP contribution in [0.5, 0.6) is 0 Å². The summed E-state index contributed by atoms with van der Waals surface area (Å²) < 4.78 is 23.2. The van der Waals surface area contributed by atoms with Crippen molar-refractivity contribution in [1.29, 1.82) is 0 Å². The summed E-state index contributed by atoms with van der Waals surface area (Å²) in [6.07, 6.45) is 77.4. The predicted molar refractivity (Wildman–Crippen MR) is 312 cm³/mol. The molecule has 10 heteroatoms. The standard InChI is InChI=1S/C63H103N2O7P/c1-6-8-10-12-14-16-18-20-21-22-23-24-25-26-27-28-29-30-31-32-33-34-35-36-37-38-39-40-41-42-43-44-46-48-50-52-54-56-62(67)64-60(59-72-73(69,70)71-58-57-65(3,4)5)63(68)61(66)55-53-51-49-47-45-19-17-15-13-11-9-7-2/h8,10,14-17,20-21,23-24,26-27,29-30,32-33,35-36,38-39,41-42,44,46-47,49,60-61,63,66,68H,6-7,9,11-13,18-19,22,25,28,31,34,37,40,43,45,48,50-59H2,1-5H3,(H-,64,67,69,70)/b10-8-,16-14-,17-15+,21-20-,24-23-,27-26-,30-29-,33-32-,36-35-,39-38-,42-41-,46-44-,49-47+. The van der Waals surface area contributed by atoms with E-state index in [4.69, 9.17) is 9.05 Å². The van der Waals surface area contributed by atoms with E-state index in [1.54, 1.807) is 0 Å². The van der Waals surface area contributed by atoms with E-state index < -0.39 is 32.7 Å². The Morgan fingerprint density at radius 2 is 0.877 bits per heavy atom. The second-order valence-electron chi connectivity index (χ2n) is 19.3. The van der Waals surface area contributed by atoms with Gasteiger partial charge in [0.1, 0.15) is 19.3 Å². The van der Waals surface area contributed by atoms with Gasteiger partial charge in [0.05, 0.1) is 39.9 Å². The van der Waals surface area contributed by atoms with Crippen molar-refractivity contribution in [2.45, 2.75) is 193 Å². The first kappa shape index (κ1) is 69.1. The van der Waals surface area contributed by atoms with Crippen LogP contribution in [0.3, 0.4) is 0 Å². The Morgan fingerprint density at radius 3 is 1.29 bits per heavy atom. The number of phosphoric acid groups is 1. The van der Waals surface area contributed by atoms with E-state index >= 15 is 0 Å². The Morgan fingerprint density at radius 1 is 0.507 bits per heavy atom. The van der Waals surface area contributed by atoms with Crippen LogP contribution in [0.4, 0.5) is 0 Å². The van der Waals surface area contributed by atoms with Crippen LogP contribution in [0.2, 0.25) is 0 Å². The minimum absolute atomic E-state index is 0.0649. The van der Waals surface area contributed by atoms with Crippen LogP contribution in [0.15, 0.2) is 158 Å². The fourth-order valence-corrected chi connectivity index (χ4v) is 7.64. The molecule has 0 bridgehead atoms. The second kappa shape index (κ2) is 51.6. The maximum atomic E-state index is 13.0. The van der Waals surface area contributed by atoms with Gasteiger partial charge in [-0.05, 0) is 135 Å². The Kier molecular flexibility index (Phi) is 48.8. The van der Waals surface area contributed by atoms with Gasteiger partial charge in [-0.3, -0.25) is 9.36 Å². The lowest BCUT2D eigenvalue weighted by Gasteiger charge is -2.31. The molecule has 0 spiro atoms. The van der Waals surface area contributed by atoms with Crippen LogP contribution in [0, 0.1) is 0 Å². The summed E-state index contributed by atoms with van der Waals surface area (Å²) in [6.45, 7) is 4.20. The van der Waals surface area contributed by atoms with Gasteiger partial charge in [0.2, 0.25) is 5.91 Å². The Labute approximate surface area is 446 Å². The molecule has 0 rings (SSSR count). The normalized spacial score (nSPS) is 15.6. The Bertz CT molecular complexity index is 1760. The van der Waals surface area contributed by atoms with Gasteiger partial charge in [-0.2, -0.15) is 0 Å². The number of likely N-dealkylation sites (N-methyl/N-ethyl adjacent to an activating group) is 1. The highest BCUT2D eigenvalue weighted by Gasteiger charge is 2.29. The molecule has 0 saturated carbocycles. The smallest absolute Gasteiger partial charge is 0.268 e. The van der Waals surface area contributed by atoms with Gasteiger partial charge in [-0.15, -0.1) is 0 Å². The van der Waals surface area contributed by atoms with Crippen molar-refractivity contribution in [1.82, 2.24) is 5.32 Å². The number of rotatable bonds is 48. The summed E-state index contributed by atoms with van der Waals surface area (Å²) in [4.78, 5) is 25.5. The van der Waals surface area contributed by atoms with E-state index in [0.29, 0.717) is 23.9 Å². The zero-order chi connectivity index (χ0) is 53.6. The molecule has 0 aliphatic carbocycles. The van der Waals surface area contributed by atoms with Gasteiger partial charge in [-0.25, -0.2) is 0 Å². The molecule has 0 heterocycles. The first-order chi connectivity index (χ1) is 35.4. The van der Waals surface area contributed by atoms with Crippen LogP contribution in [0.25, 0.3) is 0 Å². The molecule has 3 N–H and O–H groups in total. The molecule has 0 aromatic carbocycles. The minimum atomic E-state index is -4.70. The summed E-state index contributed by atoms with van der Waals surface area (Å²) in [6, 6.07) is -1.13. The summed E-state index contributed by atoms with van der Waals surface area (Å²) >= 11 is 0. The number of hydrogen-bond acceptors (Lipinski definition) is 7. The first-order valence-corrected chi connectivity index (χ1v) is 29.4. The molecule has 0 radical (unpaired) electrons. The first-order valence-electron chi connectivity index (χ1n) is 27.9. The van der Waals surface area contributed by atoms with E-state index in [1.165, 1.54) is 19.3 Å². The zero-order valence-electron chi connectivity index (χ0n) is 46.4. The third kappa shape index (κ3) is 52.7. The van der Waals surface area contributed by atoms with E-state index in [2.05, 4.69) is 177 Å². The highest BCUT2D eigenvalue weighted by Crippen LogP contribution is 2.38. The van der Waals surface area contributed by atoms with Gasteiger partial charge in [-0.1, -0.05) is 191 Å². The molecular weight excluding hydrogens is 928 g/mol. The van der Waals surface area contributed by atoms with Gasteiger partial charge >= 0.3 is 0 Å². The molecule has 0 aliphatic rings. The van der Waals surface area contributed by atoms with Gasteiger partial charge in [0.25, 0.3) is 7.82 Å². The molecule has 9 nitrogen and oxygen atoms in total. The number of phosphoric ester groups is 1. The molecular formula is C63H103N2O7P. The van der Waals surface area contributed by atoms with E-state index in [1.807, 2.05) is 21.1 Å². The monoisotopic (exact) mass is 1030 g/mol. The number of carbonyl (C=O) groups is 1. The lowest BCUT2D eigenvalue weighted by Crippen LogP contribution is -2.51. The number of aliphatic hydroxyl groups excluding tert-OH is 2. The third-order valence-electron chi connectivity index (χ3n) is 11.3. The average molecular weight is 1030 g/mol. The quantitative estimate of drug-likeness (QED) is 0.0240. The van der Waals surface area contributed by atoms with Crippen molar-refractivity contribution in [2.24, 2.45) is 0 Å². The molecule has 4 unspecified atom stereocenters. The molecule has 73 heavy (non-hydrogen) atoms. The van der Waals surface area contributed by atoms with Crippen molar-refractivity contribution in [2.75, 3.05) is 40.9 Å². The second-order valence-corrected chi connectivity index (χ2v) is 20.7. The molecule has 4 atom stereocenters. The van der Waals surface area contributed by atoms with Gasteiger partial charge < -0.3 is 34.0 Å². The van der Waals surface area contributed by atoms with Gasteiger partial charge in [0.15, 0.2) is 0 Å². The molecule has 0 aromatic rings. The largest absolute Gasteiger partial charge is 0.756 e. The maximum absolute atomic E-state index is 13.0. The third-order valence-corrected chi connectivity index (χ3v) is 12.3. The summed E-state index contributed by atoms with van der Waals surface area (Å²) in [7, 11) is 1.05. The van der Waals surface area contributed by atoms with Crippen LogP contribution < -0.4 is 10.2 Å². The fraction of sp³-hybridized carbons (Fsp3) is 0.571. The number of nitrogens with zero attached hydrogens (tertiary/aromatic N) is 1. The number of amides is 1. The van der Waals surface area contributed by atoms with E-state index in [9.17, 15) is 24.5 Å².